The molecule has 19 heavy (non-hydrogen) atoms. The topological polar surface area (TPSA) is 56.7 Å². The first kappa shape index (κ1) is 14.1. The number of rotatable bonds is 4. The van der Waals surface area contributed by atoms with Gasteiger partial charge in [-0.3, -0.25) is 0 Å². The molecule has 0 radical (unpaired) electrons. The summed E-state index contributed by atoms with van der Waals surface area (Å²) < 4.78 is 2.70. The van der Waals surface area contributed by atoms with E-state index < -0.39 is 0 Å². The molecular formula is C13H15BrN4S. The van der Waals surface area contributed by atoms with Gasteiger partial charge in [0.1, 0.15) is 10.8 Å². The molecule has 0 bridgehead atoms. The minimum atomic E-state index is 0.345. The third-order valence-corrected chi connectivity index (χ3v) is 3.68. The Bertz CT molecular complexity index is 621. The largest absolute Gasteiger partial charge is 0.389 e. The fourth-order valence-electron chi connectivity index (χ4n) is 1.90. The van der Waals surface area contributed by atoms with Crippen LogP contribution in [0.25, 0.3) is 5.69 Å². The molecule has 0 aliphatic heterocycles. The Morgan fingerprint density at radius 2 is 2.11 bits per heavy atom. The fourth-order valence-corrected chi connectivity index (χ4v) is 2.81. The van der Waals surface area contributed by atoms with Crippen LogP contribution in [0.4, 0.5) is 0 Å². The summed E-state index contributed by atoms with van der Waals surface area (Å²) in [7, 11) is 0. The smallest absolute Gasteiger partial charge is 0.151 e. The number of thiocarbonyl (C=S) groups is 1. The summed E-state index contributed by atoms with van der Waals surface area (Å²) in [5.74, 6) is 1.73. The fraction of sp³-hybridized carbons (Fsp3) is 0.308. The van der Waals surface area contributed by atoms with Crippen molar-refractivity contribution in [1.29, 1.82) is 0 Å². The molecule has 1 aromatic heterocycles. The van der Waals surface area contributed by atoms with Crippen molar-refractivity contribution in [2.45, 2.75) is 26.7 Å². The van der Waals surface area contributed by atoms with Gasteiger partial charge in [-0.2, -0.15) is 5.10 Å². The zero-order valence-electron chi connectivity index (χ0n) is 10.9. The minimum absolute atomic E-state index is 0.345. The van der Waals surface area contributed by atoms with E-state index >= 15 is 0 Å². The van der Waals surface area contributed by atoms with Crippen LogP contribution in [0.3, 0.4) is 0 Å². The highest BCUT2D eigenvalue weighted by molar-refractivity contribution is 9.10. The van der Waals surface area contributed by atoms with Gasteiger partial charge >= 0.3 is 0 Å². The molecule has 0 spiro atoms. The van der Waals surface area contributed by atoms with Crippen molar-refractivity contribution in [3.63, 3.8) is 0 Å². The summed E-state index contributed by atoms with van der Waals surface area (Å²) in [5, 5.41) is 4.52. The number of aromatic nitrogens is 3. The Kier molecular flexibility index (Phi) is 4.31. The van der Waals surface area contributed by atoms with Crippen molar-refractivity contribution in [2.75, 3.05) is 0 Å². The average molecular weight is 339 g/mol. The van der Waals surface area contributed by atoms with Gasteiger partial charge in [-0.25, -0.2) is 9.67 Å². The highest BCUT2D eigenvalue weighted by atomic mass is 79.9. The Morgan fingerprint density at radius 1 is 1.37 bits per heavy atom. The highest BCUT2D eigenvalue weighted by Gasteiger charge is 2.16. The van der Waals surface area contributed by atoms with E-state index in [1.54, 1.807) is 0 Å². The van der Waals surface area contributed by atoms with Gasteiger partial charge in [-0.15, -0.1) is 0 Å². The molecule has 2 rings (SSSR count). The Labute approximate surface area is 126 Å². The zero-order chi connectivity index (χ0) is 14.0. The number of nitrogens with two attached hydrogens (primary N) is 1. The maximum atomic E-state index is 5.82. The van der Waals surface area contributed by atoms with E-state index in [4.69, 9.17) is 18.0 Å². The molecule has 0 amide bonds. The summed E-state index contributed by atoms with van der Waals surface area (Å²) >= 11 is 8.62. The van der Waals surface area contributed by atoms with Crippen LogP contribution >= 0.6 is 28.1 Å². The molecule has 0 aliphatic carbocycles. The number of halogens is 1. The molecule has 2 N–H and O–H groups in total. The SMILES string of the molecule is CCc1nc(CC)n(-c2cccc(Br)c2C(N)=S)n1. The first-order chi connectivity index (χ1) is 9.08. The van der Waals surface area contributed by atoms with Crippen molar-refractivity contribution >= 4 is 33.1 Å². The molecule has 0 unspecified atom stereocenters. The number of nitrogens with zero attached hydrogens (tertiary/aromatic N) is 3. The first-order valence-corrected chi connectivity index (χ1v) is 7.32. The maximum Gasteiger partial charge on any atom is 0.151 e. The second-order valence-corrected chi connectivity index (χ2v) is 5.36. The third-order valence-electron chi connectivity index (χ3n) is 2.82. The molecule has 0 saturated carbocycles. The molecule has 1 aromatic carbocycles. The van der Waals surface area contributed by atoms with E-state index in [2.05, 4.69) is 32.9 Å². The van der Waals surface area contributed by atoms with Crippen molar-refractivity contribution in [3.05, 3.63) is 39.9 Å². The molecule has 0 aliphatic rings. The van der Waals surface area contributed by atoms with Crippen molar-refractivity contribution < 1.29 is 0 Å². The van der Waals surface area contributed by atoms with Gasteiger partial charge in [0.05, 0.1) is 5.69 Å². The lowest BCUT2D eigenvalue weighted by molar-refractivity contribution is 0.789. The van der Waals surface area contributed by atoms with Crippen LogP contribution in [0.1, 0.15) is 31.1 Å². The normalized spacial score (nSPS) is 10.7. The second kappa shape index (κ2) is 5.79. The van der Waals surface area contributed by atoms with Crippen LogP contribution in [-0.2, 0) is 12.8 Å². The first-order valence-electron chi connectivity index (χ1n) is 6.12. The summed E-state index contributed by atoms with van der Waals surface area (Å²) in [6.45, 7) is 4.09. The minimum Gasteiger partial charge on any atom is -0.389 e. The van der Waals surface area contributed by atoms with Gasteiger partial charge in [0.15, 0.2) is 5.82 Å². The van der Waals surface area contributed by atoms with E-state index in [1.807, 2.05) is 29.8 Å². The predicted octanol–water partition coefficient (Wildman–Crippen LogP) is 2.79. The lowest BCUT2D eigenvalue weighted by atomic mass is 10.2. The zero-order valence-corrected chi connectivity index (χ0v) is 13.3. The van der Waals surface area contributed by atoms with E-state index in [1.165, 1.54) is 0 Å². The molecule has 0 atom stereocenters. The molecule has 4 nitrogen and oxygen atoms in total. The van der Waals surface area contributed by atoms with E-state index in [0.29, 0.717) is 4.99 Å². The Hall–Kier alpha value is -1.27. The van der Waals surface area contributed by atoms with Crippen LogP contribution in [0.15, 0.2) is 22.7 Å². The van der Waals surface area contributed by atoms with Gasteiger partial charge in [0.25, 0.3) is 0 Å². The molecule has 0 fully saturated rings. The quantitative estimate of drug-likeness (QED) is 0.871. The predicted molar refractivity (Wildman–Crippen MR) is 83.7 cm³/mol. The lowest BCUT2D eigenvalue weighted by Crippen LogP contribution is -2.16. The van der Waals surface area contributed by atoms with Crippen molar-refractivity contribution in [1.82, 2.24) is 14.8 Å². The molecule has 2 aromatic rings. The van der Waals surface area contributed by atoms with Gasteiger partial charge in [-0.1, -0.05) is 32.1 Å². The standard InChI is InChI=1S/C13H15BrN4S/c1-3-10-16-11(4-2)18(17-10)9-7-5-6-8(14)12(9)13(15)19/h5-7H,3-4H2,1-2H3,(H2,15,19). The second-order valence-electron chi connectivity index (χ2n) is 4.06. The van der Waals surface area contributed by atoms with Gasteiger partial charge in [0, 0.05) is 22.9 Å². The summed E-state index contributed by atoms with van der Waals surface area (Å²) in [6.07, 6.45) is 1.60. The van der Waals surface area contributed by atoms with Crippen LogP contribution in [-0.4, -0.2) is 19.8 Å². The van der Waals surface area contributed by atoms with Gasteiger partial charge in [-0.05, 0) is 28.1 Å². The van der Waals surface area contributed by atoms with Crippen LogP contribution in [0, 0.1) is 0 Å². The Morgan fingerprint density at radius 3 is 2.68 bits per heavy atom. The molecule has 6 heteroatoms. The molecule has 0 saturated heterocycles. The summed E-state index contributed by atoms with van der Waals surface area (Å²) in [6, 6.07) is 5.81. The van der Waals surface area contributed by atoms with Gasteiger partial charge in [0.2, 0.25) is 0 Å². The number of aryl methyl sites for hydroxylation is 2. The number of benzene rings is 1. The summed E-state index contributed by atoms with van der Waals surface area (Å²) in [4.78, 5) is 4.85. The Balaban J connectivity index is 2.68. The van der Waals surface area contributed by atoms with Crippen LogP contribution in [0.5, 0.6) is 0 Å². The van der Waals surface area contributed by atoms with Crippen LogP contribution < -0.4 is 5.73 Å². The number of hydrogen-bond donors (Lipinski definition) is 1. The molecule has 1 heterocycles. The van der Waals surface area contributed by atoms with Crippen LogP contribution in [0.2, 0.25) is 0 Å². The van der Waals surface area contributed by atoms with E-state index in [0.717, 1.165) is 40.2 Å². The number of hydrogen-bond acceptors (Lipinski definition) is 3. The average Bonchev–Trinajstić information content (AvgIpc) is 2.81. The van der Waals surface area contributed by atoms with E-state index in [9.17, 15) is 0 Å². The summed E-state index contributed by atoms with van der Waals surface area (Å²) in [5.41, 5.74) is 7.48. The molecule has 100 valence electrons. The molecular weight excluding hydrogens is 324 g/mol. The monoisotopic (exact) mass is 338 g/mol. The van der Waals surface area contributed by atoms with Gasteiger partial charge < -0.3 is 5.73 Å². The van der Waals surface area contributed by atoms with E-state index in [-0.39, 0.29) is 0 Å². The maximum absolute atomic E-state index is 5.82. The van der Waals surface area contributed by atoms with Crippen molar-refractivity contribution in [3.8, 4) is 5.69 Å². The van der Waals surface area contributed by atoms with Crippen molar-refractivity contribution in [2.24, 2.45) is 5.73 Å². The third kappa shape index (κ3) is 2.69. The highest BCUT2D eigenvalue weighted by Crippen LogP contribution is 2.24. The lowest BCUT2D eigenvalue weighted by Gasteiger charge is -2.11.